The van der Waals surface area contributed by atoms with Crippen molar-refractivity contribution in [2.75, 3.05) is 0 Å². The molecule has 3 aromatic heterocycles. The number of unbranched alkanes of at least 4 members (excludes halogenated alkanes) is 2. The monoisotopic (exact) mass is 480 g/mol. The molecule has 0 aliphatic rings. The molecule has 5 aromatic rings. The zero-order valence-corrected chi connectivity index (χ0v) is 20.2. The summed E-state index contributed by atoms with van der Waals surface area (Å²) in [6, 6.07) is 14.5. The van der Waals surface area contributed by atoms with Crippen LogP contribution in [0.2, 0.25) is 0 Å². The van der Waals surface area contributed by atoms with Crippen molar-refractivity contribution in [3.8, 4) is 0 Å². The van der Waals surface area contributed by atoms with Crippen LogP contribution in [0.4, 0.5) is 0 Å². The first-order valence-corrected chi connectivity index (χ1v) is 13.8. The molecule has 0 aliphatic heterocycles. The molecule has 0 bridgehead atoms. The Morgan fingerprint density at radius 2 is 1.17 bits per heavy atom. The summed E-state index contributed by atoms with van der Waals surface area (Å²) in [6.45, 7) is 4.46. The molecular weight excluding hydrogens is 455 g/mol. The maximum atomic E-state index is 2.45. The molecule has 3 heterocycles. The van der Waals surface area contributed by atoms with Gasteiger partial charge in [-0.05, 0) is 0 Å². The van der Waals surface area contributed by atoms with Gasteiger partial charge in [0.05, 0.1) is 0 Å². The Morgan fingerprint density at radius 1 is 0.690 bits per heavy atom. The van der Waals surface area contributed by atoms with Crippen LogP contribution in [0, 0.1) is 0 Å². The molecule has 0 aliphatic carbocycles. The van der Waals surface area contributed by atoms with E-state index in [1.54, 1.807) is 8.52 Å². The van der Waals surface area contributed by atoms with Crippen LogP contribution in [0.1, 0.15) is 49.3 Å². The third kappa shape index (κ3) is 3.78. The van der Waals surface area contributed by atoms with E-state index in [2.05, 4.69) is 74.5 Å². The summed E-state index contributed by atoms with van der Waals surface area (Å²) in [7, 11) is 0. The predicted molar refractivity (Wildman–Crippen MR) is 137 cm³/mol. The Kier molecular flexibility index (Phi) is 5.49. The molecule has 146 valence electrons. The van der Waals surface area contributed by atoms with Crippen LogP contribution in [-0.2, 0) is 0 Å². The van der Waals surface area contributed by atoms with Crippen LogP contribution >= 0.6 is 22.7 Å². The summed E-state index contributed by atoms with van der Waals surface area (Å²) < 4.78 is 5.92. The Morgan fingerprint density at radius 3 is 1.62 bits per heavy atom. The van der Waals surface area contributed by atoms with Crippen molar-refractivity contribution in [3.05, 3.63) is 58.3 Å². The van der Waals surface area contributed by atoms with Crippen molar-refractivity contribution in [1.29, 1.82) is 0 Å². The number of benzene rings is 2. The van der Waals surface area contributed by atoms with Gasteiger partial charge >= 0.3 is 187 Å². The molecule has 0 amide bonds. The molecule has 0 nitrogen and oxygen atoms in total. The fourth-order valence-electron chi connectivity index (χ4n) is 3.78. The molecule has 0 spiro atoms. The van der Waals surface area contributed by atoms with Gasteiger partial charge in [0.2, 0.25) is 0 Å². The van der Waals surface area contributed by atoms with E-state index in [0.29, 0.717) is 14.5 Å². The molecule has 0 saturated carbocycles. The Hall–Kier alpha value is -1.64. The summed E-state index contributed by atoms with van der Waals surface area (Å²) >= 11 is 4.25. The van der Waals surface area contributed by atoms with Crippen molar-refractivity contribution in [2.24, 2.45) is 0 Å². The zero-order valence-electron chi connectivity index (χ0n) is 16.8. The average Bonchev–Trinajstić information content (AvgIpc) is 3.38. The van der Waals surface area contributed by atoms with E-state index in [0.717, 1.165) is 12.8 Å². The molecule has 0 unspecified atom stereocenters. The number of allylic oxidation sites excluding steroid dienone is 2. The Bertz CT molecular complexity index is 1270. The van der Waals surface area contributed by atoms with Crippen LogP contribution in [0.25, 0.3) is 51.6 Å². The van der Waals surface area contributed by atoms with Gasteiger partial charge in [0.1, 0.15) is 0 Å². The first-order chi connectivity index (χ1) is 14.2. The van der Waals surface area contributed by atoms with Crippen molar-refractivity contribution in [1.82, 2.24) is 0 Å². The fourth-order valence-corrected chi connectivity index (χ4v) is 8.26. The number of hydrogen-bond acceptors (Lipinski definition) is 2. The molecular formula is C26H24S2Se. The van der Waals surface area contributed by atoms with Crippen molar-refractivity contribution < 1.29 is 0 Å². The minimum absolute atomic E-state index is 0.410. The SMILES string of the molecule is CCC/C=C/c1cc2cc3[se]c4cc5cc(/C=C/CCC)sc5cc4c3cc2s1. The number of thiophene rings is 2. The van der Waals surface area contributed by atoms with Gasteiger partial charge in [0.15, 0.2) is 0 Å². The van der Waals surface area contributed by atoms with Gasteiger partial charge < -0.3 is 0 Å². The van der Waals surface area contributed by atoms with Crippen LogP contribution in [0.3, 0.4) is 0 Å². The van der Waals surface area contributed by atoms with Gasteiger partial charge in [-0.15, -0.1) is 0 Å². The Labute approximate surface area is 185 Å². The van der Waals surface area contributed by atoms with E-state index in [9.17, 15) is 0 Å². The minimum atomic E-state index is 0.410. The second-order valence-corrected chi connectivity index (χ2v) is 12.1. The number of fused-ring (bicyclic) bond motifs is 5. The summed E-state index contributed by atoms with van der Waals surface area (Å²) in [5, 5.41) is 5.75. The molecule has 29 heavy (non-hydrogen) atoms. The van der Waals surface area contributed by atoms with Gasteiger partial charge in [-0.25, -0.2) is 0 Å². The second kappa shape index (κ2) is 8.24. The normalized spacial score (nSPS) is 12.8. The third-order valence-electron chi connectivity index (χ3n) is 5.26. The Balaban J connectivity index is 1.60. The standard InChI is InChI=1S/C26H24S2Se/c1-3-5-7-9-19-11-17-13-25-21(15-23(17)27-19)22-16-24-18(14-26(22)29-25)12-20(28-24)10-8-6-4-2/h7-16H,3-6H2,1-2H3/b9-7+,10-8+. The molecule has 0 atom stereocenters. The molecule has 5 rings (SSSR count). The fraction of sp³-hybridized carbons (Fsp3) is 0.231. The molecule has 0 radical (unpaired) electrons. The molecule has 0 N–H and O–H groups in total. The van der Waals surface area contributed by atoms with Crippen LogP contribution in [-0.4, -0.2) is 14.5 Å². The number of hydrogen-bond donors (Lipinski definition) is 0. The van der Waals surface area contributed by atoms with Crippen molar-refractivity contribution >= 4 is 88.8 Å². The summed E-state index contributed by atoms with van der Waals surface area (Å²) in [5.41, 5.74) is 0. The summed E-state index contributed by atoms with van der Waals surface area (Å²) in [5.74, 6) is 0. The third-order valence-corrected chi connectivity index (χ3v) is 9.73. The van der Waals surface area contributed by atoms with Gasteiger partial charge in [0, 0.05) is 0 Å². The van der Waals surface area contributed by atoms with E-state index in [-0.39, 0.29) is 0 Å². The van der Waals surface area contributed by atoms with E-state index in [4.69, 9.17) is 0 Å². The van der Waals surface area contributed by atoms with Gasteiger partial charge in [0.25, 0.3) is 0 Å². The maximum absolute atomic E-state index is 2.45. The topological polar surface area (TPSA) is 0 Å². The van der Waals surface area contributed by atoms with Crippen molar-refractivity contribution in [2.45, 2.75) is 39.5 Å². The first-order valence-electron chi connectivity index (χ1n) is 10.4. The van der Waals surface area contributed by atoms with Gasteiger partial charge in [-0.2, -0.15) is 0 Å². The van der Waals surface area contributed by atoms with Crippen LogP contribution in [0.15, 0.2) is 48.6 Å². The van der Waals surface area contributed by atoms with Crippen LogP contribution in [0.5, 0.6) is 0 Å². The summed E-state index contributed by atoms with van der Waals surface area (Å²) in [4.78, 5) is 2.75. The first kappa shape index (κ1) is 19.3. The molecule has 0 saturated heterocycles. The average molecular weight is 480 g/mol. The zero-order chi connectivity index (χ0) is 19.8. The molecule has 0 fully saturated rings. The van der Waals surface area contributed by atoms with E-state index >= 15 is 0 Å². The quantitative estimate of drug-likeness (QED) is 0.213. The van der Waals surface area contributed by atoms with Gasteiger partial charge in [-0.3, -0.25) is 0 Å². The summed E-state index contributed by atoms with van der Waals surface area (Å²) in [6.07, 6.45) is 13.9. The second-order valence-electron chi connectivity index (χ2n) is 7.55. The van der Waals surface area contributed by atoms with E-state index < -0.39 is 0 Å². The van der Waals surface area contributed by atoms with E-state index in [1.165, 1.54) is 53.5 Å². The van der Waals surface area contributed by atoms with Gasteiger partial charge in [-0.1, -0.05) is 0 Å². The van der Waals surface area contributed by atoms with Crippen molar-refractivity contribution in [3.63, 3.8) is 0 Å². The molecule has 3 heteroatoms. The molecule has 2 aromatic carbocycles. The number of rotatable bonds is 6. The predicted octanol–water partition coefficient (Wildman–Crippen LogP) is 9.11. The van der Waals surface area contributed by atoms with Crippen LogP contribution < -0.4 is 0 Å². The van der Waals surface area contributed by atoms with E-state index in [1.807, 2.05) is 22.7 Å².